The molecule has 0 bridgehead atoms. The van der Waals surface area contributed by atoms with Gasteiger partial charge in [-0.05, 0) is 32.1 Å². The third-order valence-corrected chi connectivity index (χ3v) is 3.63. The Morgan fingerprint density at radius 2 is 1.71 bits per heavy atom. The fourth-order valence-corrected chi connectivity index (χ4v) is 2.66. The van der Waals surface area contributed by atoms with Crippen LogP contribution in [0.25, 0.3) is 0 Å². The van der Waals surface area contributed by atoms with E-state index in [1.165, 1.54) is 0 Å². The van der Waals surface area contributed by atoms with Gasteiger partial charge in [0, 0.05) is 19.1 Å². The Hall–Kier alpha value is -0.250. The van der Waals surface area contributed by atoms with Crippen LogP contribution in [0, 0.1) is 11.3 Å². The summed E-state index contributed by atoms with van der Waals surface area (Å²) in [5, 5.41) is 0. The molecule has 2 fully saturated rings. The summed E-state index contributed by atoms with van der Waals surface area (Å²) in [6.07, 6.45) is -3.23. The summed E-state index contributed by atoms with van der Waals surface area (Å²) < 4.78 is 36.7. The smallest absolute Gasteiger partial charge is 0.300 e. The molecule has 0 amide bonds. The van der Waals surface area contributed by atoms with Gasteiger partial charge in [-0.25, -0.2) is 0 Å². The largest absolute Gasteiger partial charge is 0.391 e. The second-order valence-corrected chi connectivity index (χ2v) is 5.15. The highest BCUT2D eigenvalue weighted by Gasteiger charge is 2.60. The lowest BCUT2D eigenvalue weighted by atomic mass is 9.57. The topological polar surface area (TPSA) is 3.24 Å². The first kappa shape index (κ1) is 10.3. The molecule has 0 radical (unpaired) electrons. The van der Waals surface area contributed by atoms with Crippen LogP contribution in [-0.2, 0) is 0 Å². The van der Waals surface area contributed by atoms with E-state index in [2.05, 4.69) is 18.7 Å². The standard InChI is InChI=1S/C10H16F3N/c1-7(2)14-5-9(6-14)3-8(4-9)10(11,12)13/h7-8H,3-6H2,1-2H3. The lowest BCUT2D eigenvalue weighted by molar-refractivity contribution is -0.245. The number of rotatable bonds is 1. The third kappa shape index (κ3) is 1.53. The van der Waals surface area contributed by atoms with Crippen molar-refractivity contribution in [3.63, 3.8) is 0 Å². The molecule has 0 atom stereocenters. The average molecular weight is 207 g/mol. The Morgan fingerprint density at radius 3 is 2.07 bits per heavy atom. The molecule has 1 saturated carbocycles. The predicted molar refractivity (Wildman–Crippen MR) is 47.9 cm³/mol. The van der Waals surface area contributed by atoms with Crippen LogP contribution in [0.3, 0.4) is 0 Å². The number of nitrogens with zero attached hydrogens (tertiary/aromatic N) is 1. The lowest BCUT2D eigenvalue weighted by Gasteiger charge is -2.60. The van der Waals surface area contributed by atoms with Gasteiger partial charge in [-0.1, -0.05) is 0 Å². The van der Waals surface area contributed by atoms with E-state index in [1.807, 2.05) is 0 Å². The van der Waals surface area contributed by atoms with E-state index >= 15 is 0 Å². The van der Waals surface area contributed by atoms with Crippen LogP contribution < -0.4 is 0 Å². The molecule has 1 nitrogen and oxygen atoms in total. The van der Waals surface area contributed by atoms with Gasteiger partial charge in [-0.2, -0.15) is 13.2 Å². The molecular weight excluding hydrogens is 191 g/mol. The highest BCUT2D eigenvalue weighted by Crippen LogP contribution is 2.57. The molecule has 0 aromatic heterocycles. The van der Waals surface area contributed by atoms with Crippen molar-refractivity contribution >= 4 is 0 Å². The Kier molecular flexibility index (Phi) is 2.11. The van der Waals surface area contributed by atoms with Crippen LogP contribution in [0.2, 0.25) is 0 Å². The Labute approximate surface area is 82.3 Å². The van der Waals surface area contributed by atoms with Crippen molar-refractivity contribution in [2.24, 2.45) is 11.3 Å². The molecule has 1 spiro atoms. The SMILES string of the molecule is CC(C)N1CC2(CC(C(F)(F)F)C2)C1. The van der Waals surface area contributed by atoms with Crippen molar-refractivity contribution in [2.75, 3.05) is 13.1 Å². The van der Waals surface area contributed by atoms with Crippen LogP contribution in [0.15, 0.2) is 0 Å². The van der Waals surface area contributed by atoms with Crippen molar-refractivity contribution in [1.82, 2.24) is 4.90 Å². The molecule has 0 aromatic rings. The first-order chi connectivity index (χ1) is 6.32. The van der Waals surface area contributed by atoms with Crippen LogP contribution in [-0.4, -0.2) is 30.2 Å². The van der Waals surface area contributed by atoms with Gasteiger partial charge in [0.15, 0.2) is 0 Å². The predicted octanol–water partition coefficient (Wildman–Crippen LogP) is 2.67. The van der Waals surface area contributed by atoms with E-state index in [9.17, 15) is 13.2 Å². The van der Waals surface area contributed by atoms with Crippen LogP contribution in [0.4, 0.5) is 13.2 Å². The van der Waals surface area contributed by atoms with E-state index in [4.69, 9.17) is 0 Å². The quantitative estimate of drug-likeness (QED) is 0.639. The maximum absolute atomic E-state index is 12.2. The number of alkyl halides is 3. The molecule has 1 aliphatic carbocycles. The summed E-state index contributed by atoms with van der Waals surface area (Å²) in [5.41, 5.74) is 0.0322. The summed E-state index contributed by atoms with van der Waals surface area (Å²) in [4.78, 5) is 2.24. The lowest BCUT2D eigenvalue weighted by Crippen LogP contribution is -2.65. The van der Waals surface area contributed by atoms with Gasteiger partial charge in [0.1, 0.15) is 0 Å². The molecule has 14 heavy (non-hydrogen) atoms. The zero-order chi connectivity index (χ0) is 10.6. The normalized spacial score (nSPS) is 27.9. The molecule has 2 aliphatic rings. The number of likely N-dealkylation sites (tertiary alicyclic amines) is 1. The van der Waals surface area contributed by atoms with Crippen LogP contribution in [0.5, 0.6) is 0 Å². The highest BCUT2D eigenvalue weighted by atomic mass is 19.4. The minimum Gasteiger partial charge on any atom is -0.300 e. The molecule has 1 saturated heterocycles. The molecule has 0 aromatic carbocycles. The average Bonchev–Trinajstić information content (AvgIpc) is 1.74. The van der Waals surface area contributed by atoms with Gasteiger partial charge in [0.05, 0.1) is 5.92 Å². The maximum atomic E-state index is 12.2. The number of hydrogen-bond donors (Lipinski definition) is 0. The van der Waals surface area contributed by atoms with Crippen LogP contribution in [0.1, 0.15) is 26.7 Å². The third-order valence-electron chi connectivity index (χ3n) is 3.63. The first-order valence-corrected chi connectivity index (χ1v) is 5.13. The Morgan fingerprint density at radius 1 is 1.21 bits per heavy atom. The van der Waals surface area contributed by atoms with Gasteiger partial charge in [0.2, 0.25) is 0 Å². The molecule has 4 heteroatoms. The van der Waals surface area contributed by atoms with Crippen molar-refractivity contribution in [3.8, 4) is 0 Å². The Bertz CT molecular complexity index is 220. The summed E-state index contributed by atoms with van der Waals surface area (Å²) >= 11 is 0. The molecule has 1 heterocycles. The van der Waals surface area contributed by atoms with Gasteiger partial charge < -0.3 is 0 Å². The highest BCUT2D eigenvalue weighted by molar-refractivity contribution is 5.06. The van der Waals surface area contributed by atoms with Gasteiger partial charge in [0.25, 0.3) is 0 Å². The Balaban J connectivity index is 1.80. The fourth-order valence-electron chi connectivity index (χ4n) is 2.66. The summed E-state index contributed by atoms with van der Waals surface area (Å²) in [6.45, 7) is 5.92. The van der Waals surface area contributed by atoms with E-state index < -0.39 is 12.1 Å². The van der Waals surface area contributed by atoms with E-state index in [0.717, 1.165) is 13.1 Å². The van der Waals surface area contributed by atoms with E-state index in [1.54, 1.807) is 0 Å². The van der Waals surface area contributed by atoms with Crippen LogP contribution >= 0.6 is 0 Å². The molecular formula is C10H16F3N. The van der Waals surface area contributed by atoms with Gasteiger partial charge >= 0.3 is 6.18 Å². The zero-order valence-electron chi connectivity index (χ0n) is 8.56. The van der Waals surface area contributed by atoms with Crippen molar-refractivity contribution < 1.29 is 13.2 Å². The van der Waals surface area contributed by atoms with Crippen molar-refractivity contribution in [3.05, 3.63) is 0 Å². The molecule has 0 N–H and O–H groups in total. The summed E-state index contributed by atoms with van der Waals surface area (Å²) in [7, 11) is 0. The van der Waals surface area contributed by atoms with Crippen molar-refractivity contribution in [2.45, 2.75) is 38.9 Å². The van der Waals surface area contributed by atoms with E-state index in [0.29, 0.717) is 18.9 Å². The molecule has 82 valence electrons. The minimum absolute atomic E-state index is 0.0322. The molecule has 2 rings (SSSR count). The second kappa shape index (κ2) is 2.87. The molecule has 0 unspecified atom stereocenters. The summed E-state index contributed by atoms with van der Waals surface area (Å²) in [5.74, 6) is -1.02. The number of halogens is 3. The second-order valence-electron chi connectivity index (χ2n) is 5.15. The van der Waals surface area contributed by atoms with Gasteiger partial charge in [-0.15, -0.1) is 0 Å². The van der Waals surface area contributed by atoms with Crippen molar-refractivity contribution in [1.29, 1.82) is 0 Å². The fraction of sp³-hybridized carbons (Fsp3) is 1.00. The van der Waals surface area contributed by atoms with E-state index in [-0.39, 0.29) is 5.41 Å². The number of hydrogen-bond acceptors (Lipinski definition) is 1. The summed E-state index contributed by atoms with van der Waals surface area (Å²) in [6, 6.07) is 0.477. The monoisotopic (exact) mass is 207 g/mol. The minimum atomic E-state index is -3.95. The first-order valence-electron chi connectivity index (χ1n) is 5.13. The zero-order valence-corrected chi connectivity index (χ0v) is 8.56. The molecule has 1 aliphatic heterocycles. The van der Waals surface area contributed by atoms with Gasteiger partial charge in [-0.3, -0.25) is 4.90 Å². The maximum Gasteiger partial charge on any atom is 0.391 e.